The molecule has 1 aromatic heterocycles. The van der Waals surface area contributed by atoms with Crippen LogP contribution in [0.4, 0.5) is 5.82 Å². The number of aromatic nitrogens is 2. The van der Waals surface area contributed by atoms with Crippen LogP contribution in [0.5, 0.6) is 6.01 Å². The van der Waals surface area contributed by atoms with Crippen molar-refractivity contribution in [2.75, 3.05) is 24.6 Å². The van der Waals surface area contributed by atoms with E-state index in [-0.39, 0.29) is 0 Å². The molecular formula is C19H35N3OSi. The lowest BCUT2D eigenvalue weighted by Gasteiger charge is -2.25. The summed E-state index contributed by atoms with van der Waals surface area (Å²) in [6.07, 6.45) is 4.58. The highest BCUT2D eigenvalue weighted by atomic mass is 28.2. The molecule has 0 aromatic carbocycles. The highest BCUT2D eigenvalue weighted by molar-refractivity contribution is 6.37. The fourth-order valence-electron chi connectivity index (χ4n) is 2.71. The second-order valence-corrected chi connectivity index (χ2v) is 8.24. The largest absolute Gasteiger partial charge is 0.463 e. The average molecular weight is 350 g/mol. The van der Waals surface area contributed by atoms with Gasteiger partial charge in [0.05, 0.1) is 6.61 Å². The Morgan fingerprint density at radius 1 is 1.12 bits per heavy atom. The van der Waals surface area contributed by atoms with Gasteiger partial charge in [0.1, 0.15) is 5.82 Å². The van der Waals surface area contributed by atoms with Crippen LogP contribution in [0, 0.1) is 6.92 Å². The van der Waals surface area contributed by atoms with Crippen molar-refractivity contribution in [3.8, 4) is 6.01 Å². The quantitative estimate of drug-likeness (QED) is 0.513. The van der Waals surface area contributed by atoms with Crippen LogP contribution < -0.4 is 9.64 Å². The van der Waals surface area contributed by atoms with Crippen LogP contribution in [0.15, 0.2) is 0 Å². The van der Waals surface area contributed by atoms with Gasteiger partial charge in [-0.25, -0.2) is 4.98 Å². The van der Waals surface area contributed by atoms with E-state index in [2.05, 4.69) is 51.4 Å². The van der Waals surface area contributed by atoms with Crippen molar-refractivity contribution in [1.29, 1.82) is 0 Å². The third-order valence-corrected chi connectivity index (χ3v) is 5.85. The van der Waals surface area contributed by atoms with Crippen LogP contribution >= 0.6 is 0 Å². The SMILES string of the molecule is CCCCN(CC)c1nc(OC[C@H](C)[Si]CCC)nc(C)c1CC. The number of rotatable bonds is 12. The van der Waals surface area contributed by atoms with Crippen LogP contribution in [0.3, 0.4) is 0 Å². The molecule has 1 rings (SSSR count). The molecule has 0 aliphatic rings. The molecule has 0 bridgehead atoms. The average Bonchev–Trinajstić information content (AvgIpc) is 2.58. The van der Waals surface area contributed by atoms with E-state index in [0.717, 1.165) is 40.5 Å². The Hall–Kier alpha value is -1.10. The van der Waals surface area contributed by atoms with Gasteiger partial charge in [0, 0.05) is 33.9 Å². The van der Waals surface area contributed by atoms with E-state index in [4.69, 9.17) is 9.72 Å². The van der Waals surface area contributed by atoms with Crippen molar-refractivity contribution >= 4 is 15.3 Å². The highest BCUT2D eigenvalue weighted by Crippen LogP contribution is 2.24. The van der Waals surface area contributed by atoms with Crippen molar-refractivity contribution in [1.82, 2.24) is 9.97 Å². The summed E-state index contributed by atoms with van der Waals surface area (Å²) in [5.41, 5.74) is 2.88. The molecule has 0 aliphatic heterocycles. The summed E-state index contributed by atoms with van der Waals surface area (Å²) in [4.78, 5) is 11.7. The zero-order valence-corrected chi connectivity index (χ0v) is 17.5. The molecule has 0 unspecified atom stereocenters. The van der Waals surface area contributed by atoms with Gasteiger partial charge < -0.3 is 9.64 Å². The van der Waals surface area contributed by atoms with Gasteiger partial charge in [-0.1, -0.05) is 46.6 Å². The molecule has 0 N–H and O–H groups in total. The number of aryl methyl sites for hydroxylation is 1. The van der Waals surface area contributed by atoms with Crippen molar-refractivity contribution in [2.45, 2.75) is 78.8 Å². The molecule has 1 heterocycles. The Kier molecular flexibility index (Phi) is 9.99. The predicted octanol–water partition coefficient (Wildman–Crippen LogP) is 4.69. The normalized spacial score (nSPS) is 12.2. The van der Waals surface area contributed by atoms with Crippen LogP contribution in [0.1, 0.15) is 65.1 Å². The van der Waals surface area contributed by atoms with E-state index in [1.807, 2.05) is 0 Å². The van der Waals surface area contributed by atoms with Crippen molar-refractivity contribution < 1.29 is 4.74 Å². The lowest BCUT2D eigenvalue weighted by atomic mass is 10.1. The van der Waals surface area contributed by atoms with Gasteiger partial charge in [-0.2, -0.15) is 4.98 Å². The maximum absolute atomic E-state index is 5.94. The molecule has 136 valence electrons. The molecule has 1 atom stereocenters. The number of anilines is 1. The molecule has 2 radical (unpaired) electrons. The number of ether oxygens (including phenoxy) is 1. The molecule has 0 fully saturated rings. The summed E-state index contributed by atoms with van der Waals surface area (Å²) >= 11 is 0. The fourth-order valence-corrected chi connectivity index (χ4v) is 3.69. The number of unbranched alkanes of at least 4 members (excludes halogenated alkanes) is 1. The molecule has 0 saturated heterocycles. The van der Waals surface area contributed by atoms with Gasteiger partial charge in [0.15, 0.2) is 0 Å². The molecule has 1 aromatic rings. The van der Waals surface area contributed by atoms with E-state index in [1.165, 1.54) is 30.9 Å². The zero-order valence-electron chi connectivity index (χ0n) is 16.5. The Morgan fingerprint density at radius 2 is 1.88 bits per heavy atom. The van der Waals surface area contributed by atoms with Gasteiger partial charge in [-0.3, -0.25) is 0 Å². The summed E-state index contributed by atoms with van der Waals surface area (Å²) < 4.78 is 5.94. The van der Waals surface area contributed by atoms with Crippen LogP contribution in [-0.4, -0.2) is 39.2 Å². The van der Waals surface area contributed by atoms with Gasteiger partial charge in [0.2, 0.25) is 0 Å². The summed E-state index contributed by atoms with van der Waals surface area (Å²) in [6, 6.07) is 1.83. The summed E-state index contributed by atoms with van der Waals surface area (Å²) in [6.45, 7) is 15.9. The first-order valence-corrected chi connectivity index (χ1v) is 10.8. The van der Waals surface area contributed by atoms with E-state index in [9.17, 15) is 0 Å². The van der Waals surface area contributed by atoms with Crippen molar-refractivity contribution in [3.05, 3.63) is 11.3 Å². The molecule has 5 heteroatoms. The molecule has 4 nitrogen and oxygen atoms in total. The minimum absolute atomic E-state index is 0.544. The van der Waals surface area contributed by atoms with Gasteiger partial charge in [0.25, 0.3) is 0 Å². The lowest BCUT2D eigenvalue weighted by molar-refractivity contribution is 0.290. The van der Waals surface area contributed by atoms with Crippen molar-refractivity contribution in [2.24, 2.45) is 0 Å². The summed E-state index contributed by atoms with van der Waals surface area (Å²) in [7, 11) is 0.954. The van der Waals surface area contributed by atoms with Crippen LogP contribution in [0.25, 0.3) is 0 Å². The summed E-state index contributed by atoms with van der Waals surface area (Å²) in [5.74, 6) is 1.07. The first kappa shape index (κ1) is 20.9. The Bertz CT molecular complexity index is 482. The van der Waals surface area contributed by atoms with Crippen LogP contribution in [0.2, 0.25) is 11.6 Å². The molecule has 0 amide bonds. The first-order valence-electron chi connectivity index (χ1n) is 9.55. The monoisotopic (exact) mass is 349 g/mol. The van der Waals surface area contributed by atoms with Gasteiger partial charge in [-0.05, 0) is 32.2 Å². The Labute approximate surface area is 151 Å². The second kappa shape index (κ2) is 11.5. The van der Waals surface area contributed by atoms with Gasteiger partial charge in [-0.15, -0.1) is 0 Å². The topological polar surface area (TPSA) is 38.2 Å². The maximum atomic E-state index is 5.94. The number of hydrogen-bond acceptors (Lipinski definition) is 4. The van der Waals surface area contributed by atoms with E-state index >= 15 is 0 Å². The lowest BCUT2D eigenvalue weighted by Crippen LogP contribution is -2.27. The molecule has 24 heavy (non-hydrogen) atoms. The minimum atomic E-state index is 0.544. The summed E-state index contributed by atoms with van der Waals surface area (Å²) in [5, 5.41) is 0. The van der Waals surface area contributed by atoms with E-state index < -0.39 is 0 Å². The fraction of sp³-hybridized carbons (Fsp3) is 0.789. The maximum Gasteiger partial charge on any atom is 0.318 e. The third-order valence-electron chi connectivity index (χ3n) is 4.19. The standard InChI is InChI=1S/C19H35N3OSi/c1-7-11-12-22(10-4)18-17(9-3)16(6)20-19(21-18)23-14-15(5)24-13-8-2/h15H,7-14H2,1-6H3/t15-/m0/s1. The molecular weight excluding hydrogens is 314 g/mol. The molecule has 0 saturated carbocycles. The third kappa shape index (κ3) is 6.42. The molecule has 0 aliphatic carbocycles. The van der Waals surface area contributed by atoms with Crippen LogP contribution in [-0.2, 0) is 6.42 Å². The van der Waals surface area contributed by atoms with E-state index in [0.29, 0.717) is 18.2 Å². The zero-order chi connectivity index (χ0) is 17.9. The Balaban J connectivity index is 2.91. The van der Waals surface area contributed by atoms with Gasteiger partial charge >= 0.3 is 6.01 Å². The van der Waals surface area contributed by atoms with Crippen molar-refractivity contribution in [3.63, 3.8) is 0 Å². The smallest absolute Gasteiger partial charge is 0.318 e. The Morgan fingerprint density at radius 3 is 2.46 bits per heavy atom. The number of hydrogen-bond donors (Lipinski definition) is 0. The predicted molar refractivity (Wildman–Crippen MR) is 105 cm³/mol. The first-order chi connectivity index (χ1) is 11.6. The van der Waals surface area contributed by atoms with E-state index in [1.54, 1.807) is 0 Å². The second-order valence-electron chi connectivity index (χ2n) is 6.35. The highest BCUT2D eigenvalue weighted by Gasteiger charge is 2.16. The molecule has 0 spiro atoms. The minimum Gasteiger partial charge on any atom is -0.463 e. The number of nitrogens with zero attached hydrogens (tertiary/aromatic N) is 3.